The van der Waals surface area contributed by atoms with Crippen molar-refractivity contribution in [1.29, 1.82) is 0 Å². The van der Waals surface area contributed by atoms with Crippen LogP contribution in [0, 0.1) is 17.8 Å². The molecule has 0 aromatic heterocycles. The molecule has 0 aliphatic carbocycles. The van der Waals surface area contributed by atoms with Crippen LogP contribution in [-0.4, -0.2) is 47.2 Å². The van der Waals surface area contributed by atoms with Gasteiger partial charge in [0.05, 0.1) is 18.1 Å². The Hall–Kier alpha value is -1.10. The molecule has 19 heavy (non-hydrogen) atoms. The van der Waals surface area contributed by atoms with Gasteiger partial charge in [0.15, 0.2) is 0 Å². The number of amides is 1. The van der Waals surface area contributed by atoms with Crippen molar-refractivity contribution in [3.63, 3.8) is 0 Å². The lowest BCUT2D eigenvalue weighted by Gasteiger charge is -2.24. The summed E-state index contributed by atoms with van der Waals surface area (Å²) in [4.78, 5) is 25.1. The molecule has 2 aliphatic heterocycles. The van der Waals surface area contributed by atoms with E-state index in [1.165, 1.54) is 0 Å². The Bertz CT molecular complexity index is 370. The fourth-order valence-electron chi connectivity index (χ4n) is 3.35. The van der Waals surface area contributed by atoms with Gasteiger partial charge in [-0.15, -0.1) is 0 Å². The van der Waals surface area contributed by atoms with Crippen LogP contribution in [0.4, 0.5) is 0 Å². The summed E-state index contributed by atoms with van der Waals surface area (Å²) in [6.45, 7) is 7.27. The molecular formula is C14H23NO4. The van der Waals surface area contributed by atoms with Crippen LogP contribution < -0.4 is 0 Å². The number of carbonyl (C=O) groups excluding carboxylic acids is 1. The first-order chi connectivity index (χ1) is 8.90. The zero-order valence-corrected chi connectivity index (χ0v) is 11.8. The summed E-state index contributed by atoms with van der Waals surface area (Å²) < 4.78 is 5.72. The molecule has 5 unspecified atom stereocenters. The van der Waals surface area contributed by atoms with Crippen LogP contribution in [0.15, 0.2) is 0 Å². The van der Waals surface area contributed by atoms with E-state index in [-0.39, 0.29) is 42.3 Å². The molecule has 1 N–H and O–H groups in total. The van der Waals surface area contributed by atoms with E-state index in [1.54, 1.807) is 0 Å². The maximum Gasteiger partial charge on any atom is 0.303 e. The molecule has 5 heteroatoms. The molecule has 2 rings (SSSR count). The normalized spacial score (nSPS) is 38.7. The first-order valence-corrected chi connectivity index (χ1v) is 7.06. The molecule has 2 heterocycles. The molecule has 5 nitrogen and oxygen atoms in total. The number of aliphatic carboxylic acids is 1. The zero-order valence-electron chi connectivity index (χ0n) is 11.8. The second-order valence-electron chi connectivity index (χ2n) is 5.97. The van der Waals surface area contributed by atoms with Gasteiger partial charge >= 0.3 is 5.97 Å². The van der Waals surface area contributed by atoms with Crippen LogP contribution in [-0.2, 0) is 14.3 Å². The van der Waals surface area contributed by atoms with Crippen molar-refractivity contribution in [3.8, 4) is 0 Å². The molecule has 0 bridgehead atoms. The minimum Gasteiger partial charge on any atom is -0.481 e. The van der Waals surface area contributed by atoms with E-state index in [2.05, 4.69) is 6.92 Å². The number of nitrogens with zero attached hydrogens (tertiary/aromatic N) is 1. The molecule has 108 valence electrons. The summed E-state index contributed by atoms with van der Waals surface area (Å²) >= 11 is 0. The van der Waals surface area contributed by atoms with Gasteiger partial charge < -0.3 is 14.7 Å². The number of likely N-dealkylation sites (tertiary alicyclic amines) is 1. The van der Waals surface area contributed by atoms with E-state index in [4.69, 9.17) is 9.84 Å². The average molecular weight is 269 g/mol. The van der Waals surface area contributed by atoms with Gasteiger partial charge in [-0.05, 0) is 32.1 Å². The molecule has 2 fully saturated rings. The largest absolute Gasteiger partial charge is 0.481 e. The summed E-state index contributed by atoms with van der Waals surface area (Å²) in [5.41, 5.74) is 0. The highest BCUT2D eigenvalue weighted by Crippen LogP contribution is 2.34. The van der Waals surface area contributed by atoms with Crippen LogP contribution in [0.1, 0.15) is 33.6 Å². The van der Waals surface area contributed by atoms with E-state index < -0.39 is 5.97 Å². The third-order valence-corrected chi connectivity index (χ3v) is 4.59. The summed E-state index contributed by atoms with van der Waals surface area (Å²) in [6, 6.07) is 0. The quantitative estimate of drug-likeness (QED) is 0.840. The molecule has 0 aromatic rings. The van der Waals surface area contributed by atoms with Crippen molar-refractivity contribution in [3.05, 3.63) is 0 Å². The van der Waals surface area contributed by atoms with Crippen LogP contribution in [0.3, 0.4) is 0 Å². The number of ether oxygens (including phenoxy) is 1. The molecule has 1 amide bonds. The van der Waals surface area contributed by atoms with Crippen molar-refractivity contribution in [1.82, 2.24) is 4.90 Å². The minimum absolute atomic E-state index is 0.0453. The van der Waals surface area contributed by atoms with Crippen LogP contribution in [0.25, 0.3) is 0 Å². The Morgan fingerprint density at radius 2 is 1.95 bits per heavy atom. The Kier molecular flexibility index (Phi) is 4.13. The van der Waals surface area contributed by atoms with Crippen molar-refractivity contribution < 1.29 is 19.4 Å². The molecule has 2 saturated heterocycles. The second kappa shape index (κ2) is 5.49. The Morgan fingerprint density at radius 3 is 2.47 bits per heavy atom. The van der Waals surface area contributed by atoms with Crippen molar-refractivity contribution in [2.45, 2.75) is 45.8 Å². The number of rotatable bonds is 3. The smallest absolute Gasteiger partial charge is 0.303 e. The fourth-order valence-corrected chi connectivity index (χ4v) is 3.35. The van der Waals surface area contributed by atoms with Gasteiger partial charge in [-0.3, -0.25) is 9.59 Å². The highest BCUT2D eigenvalue weighted by molar-refractivity contribution is 5.80. The van der Waals surface area contributed by atoms with Gasteiger partial charge in [0.1, 0.15) is 0 Å². The summed E-state index contributed by atoms with van der Waals surface area (Å²) in [5, 5.41) is 8.81. The van der Waals surface area contributed by atoms with E-state index >= 15 is 0 Å². The lowest BCUT2D eigenvalue weighted by molar-refractivity contribution is -0.139. The lowest BCUT2D eigenvalue weighted by Crippen LogP contribution is -2.39. The van der Waals surface area contributed by atoms with Gasteiger partial charge in [-0.1, -0.05) is 6.92 Å². The Balaban J connectivity index is 1.96. The first-order valence-electron chi connectivity index (χ1n) is 7.06. The monoisotopic (exact) mass is 269 g/mol. The Labute approximate surface area is 113 Å². The zero-order chi connectivity index (χ0) is 14.2. The van der Waals surface area contributed by atoms with Crippen molar-refractivity contribution >= 4 is 11.9 Å². The number of carbonyl (C=O) groups is 2. The molecule has 2 aliphatic rings. The SMILES string of the molecule is CC1OC(C)C(C(=O)N2CCC(CC(=O)O)C2)C1C. The first kappa shape index (κ1) is 14.3. The predicted molar refractivity (Wildman–Crippen MR) is 69.6 cm³/mol. The van der Waals surface area contributed by atoms with Crippen molar-refractivity contribution in [2.24, 2.45) is 17.8 Å². The summed E-state index contributed by atoms with van der Waals surface area (Å²) in [5.74, 6) is -0.400. The van der Waals surface area contributed by atoms with Gasteiger partial charge in [0, 0.05) is 19.5 Å². The molecule has 5 atom stereocenters. The fraction of sp³-hybridized carbons (Fsp3) is 0.857. The topological polar surface area (TPSA) is 66.8 Å². The lowest BCUT2D eigenvalue weighted by atomic mass is 9.88. The minimum atomic E-state index is -0.779. The highest BCUT2D eigenvalue weighted by Gasteiger charge is 2.44. The number of carboxylic acids is 1. The number of carboxylic acid groups (broad SMARTS) is 1. The molecule has 0 aromatic carbocycles. The Morgan fingerprint density at radius 1 is 1.26 bits per heavy atom. The highest BCUT2D eigenvalue weighted by atomic mass is 16.5. The maximum absolute atomic E-state index is 12.5. The van der Waals surface area contributed by atoms with Crippen LogP contribution in [0.2, 0.25) is 0 Å². The van der Waals surface area contributed by atoms with Gasteiger partial charge in [0.2, 0.25) is 5.91 Å². The van der Waals surface area contributed by atoms with Crippen LogP contribution >= 0.6 is 0 Å². The molecular weight excluding hydrogens is 246 g/mol. The van der Waals surface area contributed by atoms with Gasteiger partial charge in [-0.2, -0.15) is 0 Å². The second-order valence-corrected chi connectivity index (χ2v) is 5.97. The molecule has 0 spiro atoms. The maximum atomic E-state index is 12.5. The third kappa shape index (κ3) is 2.91. The van der Waals surface area contributed by atoms with Gasteiger partial charge in [0.25, 0.3) is 0 Å². The van der Waals surface area contributed by atoms with Crippen LogP contribution in [0.5, 0.6) is 0 Å². The average Bonchev–Trinajstić information content (AvgIpc) is 2.84. The number of hydrogen-bond acceptors (Lipinski definition) is 3. The summed E-state index contributed by atoms with van der Waals surface area (Å²) in [6.07, 6.45) is 1.02. The standard InChI is InChI=1S/C14H23NO4/c1-8-9(2)19-10(3)13(8)14(18)15-5-4-11(7-15)6-12(16)17/h8-11,13H,4-7H2,1-3H3,(H,16,17). The third-order valence-electron chi connectivity index (χ3n) is 4.59. The van der Waals surface area contributed by atoms with E-state index in [0.717, 1.165) is 6.42 Å². The van der Waals surface area contributed by atoms with Gasteiger partial charge in [-0.25, -0.2) is 0 Å². The summed E-state index contributed by atoms with van der Waals surface area (Å²) in [7, 11) is 0. The molecule has 0 saturated carbocycles. The van der Waals surface area contributed by atoms with Crippen molar-refractivity contribution in [2.75, 3.05) is 13.1 Å². The van der Waals surface area contributed by atoms with E-state index in [1.807, 2.05) is 18.7 Å². The van der Waals surface area contributed by atoms with E-state index in [0.29, 0.717) is 13.1 Å². The number of hydrogen-bond donors (Lipinski definition) is 1. The predicted octanol–water partition coefficient (Wildman–Crippen LogP) is 1.37. The molecule has 0 radical (unpaired) electrons. The van der Waals surface area contributed by atoms with E-state index in [9.17, 15) is 9.59 Å².